The number of fused-ring (bicyclic) bond motifs is 4. The summed E-state index contributed by atoms with van der Waals surface area (Å²) < 4.78 is 4.74. The van der Waals surface area contributed by atoms with Gasteiger partial charge in [0.1, 0.15) is 5.82 Å². The minimum Gasteiger partial charge on any atom is -0.309 e. The highest BCUT2D eigenvalue weighted by molar-refractivity contribution is 6.26. The highest BCUT2D eigenvalue weighted by Gasteiger charge is 2.36. The van der Waals surface area contributed by atoms with Crippen molar-refractivity contribution in [2.75, 3.05) is 0 Å². The maximum Gasteiger partial charge on any atom is 0.145 e. The minimum atomic E-state index is -0.187. The Kier molecular flexibility index (Phi) is 5.73. The summed E-state index contributed by atoms with van der Waals surface area (Å²) in [7, 11) is 0. The Morgan fingerprint density at radius 3 is 1.98 bits per heavy atom. The molecule has 1 aliphatic rings. The fourth-order valence-electron chi connectivity index (χ4n) is 8.90. The van der Waals surface area contributed by atoms with E-state index >= 15 is 0 Å². The quantitative estimate of drug-likeness (QED) is 0.174. The number of hydrogen-bond donors (Lipinski definition) is 0. The number of aromatic nitrogens is 3. The number of benzene rings is 8. The zero-order valence-electron chi connectivity index (χ0n) is 28.4. The van der Waals surface area contributed by atoms with Crippen LogP contribution in [0.1, 0.15) is 25.0 Å². The van der Waals surface area contributed by atoms with Crippen LogP contribution in [0.25, 0.3) is 88.6 Å². The molecule has 3 nitrogen and oxygen atoms in total. The van der Waals surface area contributed by atoms with Crippen LogP contribution >= 0.6 is 0 Å². The van der Waals surface area contributed by atoms with E-state index in [1.165, 1.54) is 71.6 Å². The Labute approximate surface area is 296 Å². The fraction of sp³-hybridized carbons (Fsp3) is 0.0625. The van der Waals surface area contributed by atoms with Gasteiger partial charge < -0.3 is 4.57 Å². The molecule has 240 valence electrons. The van der Waals surface area contributed by atoms with E-state index in [-0.39, 0.29) is 5.41 Å². The predicted molar refractivity (Wildman–Crippen MR) is 213 cm³/mol. The van der Waals surface area contributed by atoms with Crippen molar-refractivity contribution in [2.24, 2.45) is 0 Å². The molecule has 1 aliphatic carbocycles. The lowest BCUT2D eigenvalue weighted by Crippen LogP contribution is -2.15. The van der Waals surface area contributed by atoms with Gasteiger partial charge >= 0.3 is 0 Å². The van der Waals surface area contributed by atoms with Crippen molar-refractivity contribution >= 4 is 43.6 Å². The van der Waals surface area contributed by atoms with E-state index < -0.39 is 0 Å². The molecule has 0 atom stereocenters. The van der Waals surface area contributed by atoms with Crippen molar-refractivity contribution < 1.29 is 0 Å². The predicted octanol–water partition coefficient (Wildman–Crippen LogP) is 12.4. The first-order chi connectivity index (χ1) is 25.1. The van der Waals surface area contributed by atoms with Crippen LogP contribution in [0.3, 0.4) is 0 Å². The number of hydrogen-bond acceptors (Lipinski definition) is 1. The van der Waals surface area contributed by atoms with Crippen molar-refractivity contribution in [1.29, 1.82) is 0 Å². The molecule has 3 heteroatoms. The molecule has 51 heavy (non-hydrogen) atoms. The monoisotopic (exact) mass is 651 g/mol. The standard InChI is InChI=1S/C48H33N3/c1-48(2)39-28-32(35-26-27-44-46-38(35)24-20-30-14-11-19-43(45(30)46)50(44)33-15-7-4-8-16-33)21-23-36(39)37-25-22-34(29-40(37)48)51-42-18-10-9-17-41(42)49-47(51)31-12-5-3-6-13-31/h3-29H,1-2H3. The highest BCUT2D eigenvalue weighted by Crippen LogP contribution is 2.51. The first-order valence-corrected chi connectivity index (χ1v) is 17.7. The summed E-state index contributed by atoms with van der Waals surface area (Å²) in [6.07, 6.45) is 0. The molecule has 2 aromatic heterocycles. The summed E-state index contributed by atoms with van der Waals surface area (Å²) >= 11 is 0. The molecule has 0 fully saturated rings. The van der Waals surface area contributed by atoms with E-state index in [4.69, 9.17) is 4.98 Å². The van der Waals surface area contributed by atoms with Crippen molar-refractivity contribution in [3.63, 3.8) is 0 Å². The molecular formula is C48H33N3. The molecule has 0 aliphatic heterocycles. The van der Waals surface area contributed by atoms with Gasteiger partial charge in [-0.25, -0.2) is 4.98 Å². The van der Waals surface area contributed by atoms with Crippen LogP contribution in [0.5, 0.6) is 0 Å². The highest BCUT2D eigenvalue weighted by atomic mass is 15.1. The third-order valence-corrected chi connectivity index (χ3v) is 11.3. The van der Waals surface area contributed by atoms with Gasteiger partial charge in [-0.1, -0.05) is 123 Å². The fourth-order valence-corrected chi connectivity index (χ4v) is 8.90. The van der Waals surface area contributed by atoms with Gasteiger partial charge in [-0.05, 0) is 98.8 Å². The van der Waals surface area contributed by atoms with Gasteiger partial charge in [-0.2, -0.15) is 0 Å². The second kappa shape index (κ2) is 10.3. The summed E-state index contributed by atoms with van der Waals surface area (Å²) in [5.74, 6) is 0.960. The summed E-state index contributed by atoms with van der Waals surface area (Å²) in [6, 6.07) is 59.7. The van der Waals surface area contributed by atoms with Gasteiger partial charge in [0, 0.05) is 33.1 Å². The average Bonchev–Trinajstić information content (AvgIpc) is 3.81. The van der Waals surface area contributed by atoms with Crippen molar-refractivity contribution in [3.05, 3.63) is 175 Å². The van der Waals surface area contributed by atoms with Crippen LogP contribution in [0.2, 0.25) is 0 Å². The molecule has 0 saturated carbocycles. The Balaban J connectivity index is 1.07. The molecule has 8 aromatic carbocycles. The second-order valence-electron chi connectivity index (χ2n) is 14.4. The Morgan fingerprint density at radius 1 is 0.451 bits per heavy atom. The first kappa shape index (κ1) is 28.4. The number of imidazole rings is 1. The Morgan fingerprint density at radius 2 is 1.14 bits per heavy atom. The van der Waals surface area contributed by atoms with E-state index in [9.17, 15) is 0 Å². The first-order valence-electron chi connectivity index (χ1n) is 17.7. The van der Waals surface area contributed by atoms with Gasteiger partial charge in [0.25, 0.3) is 0 Å². The average molecular weight is 652 g/mol. The van der Waals surface area contributed by atoms with Crippen LogP contribution in [-0.2, 0) is 5.41 Å². The molecule has 0 unspecified atom stereocenters. The van der Waals surface area contributed by atoms with Crippen molar-refractivity contribution in [3.8, 4) is 45.0 Å². The van der Waals surface area contributed by atoms with E-state index in [0.29, 0.717) is 0 Å². The van der Waals surface area contributed by atoms with Crippen molar-refractivity contribution in [2.45, 2.75) is 19.3 Å². The smallest absolute Gasteiger partial charge is 0.145 e. The summed E-state index contributed by atoms with van der Waals surface area (Å²) in [5, 5.41) is 5.24. The lowest BCUT2D eigenvalue weighted by atomic mass is 9.81. The van der Waals surface area contributed by atoms with E-state index in [1.54, 1.807) is 0 Å². The minimum absolute atomic E-state index is 0.187. The van der Waals surface area contributed by atoms with Crippen LogP contribution in [0.15, 0.2) is 164 Å². The number of nitrogens with zero attached hydrogens (tertiary/aromatic N) is 3. The van der Waals surface area contributed by atoms with Crippen LogP contribution in [-0.4, -0.2) is 14.1 Å². The Bertz CT molecular complexity index is 2980. The molecule has 11 rings (SSSR count). The largest absolute Gasteiger partial charge is 0.309 e. The van der Waals surface area contributed by atoms with Gasteiger partial charge in [-0.15, -0.1) is 0 Å². The molecule has 0 bridgehead atoms. The number of rotatable bonds is 4. The molecule has 0 radical (unpaired) electrons. The number of para-hydroxylation sites is 3. The molecule has 0 saturated heterocycles. The molecule has 10 aromatic rings. The Hall–Kier alpha value is -6.45. The zero-order chi connectivity index (χ0) is 33.8. The van der Waals surface area contributed by atoms with Crippen LogP contribution in [0, 0.1) is 0 Å². The van der Waals surface area contributed by atoms with E-state index in [1.807, 2.05) is 0 Å². The summed E-state index contributed by atoms with van der Waals surface area (Å²) in [6.45, 7) is 4.75. The maximum absolute atomic E-state index is 5.11. The molecule has 2 heterocycles. The van der Waals surface area contributed by atoms with Gasteiger partial charge in [0.05, 0.1) is 22.1 Å². The zero-order valence-corrected chi connectivity index (χ0v) is 28.4. The maximum atomic E-state index is 5.11. The van der Waals surface area contributed by atoms with Crippen molar-refractivity contribution in [1.82, 2.24) is 14.1 Å². The lowest BCUT2D eigenvalue weighted by Gasteiger charge is -2.23. The van der Waals surface area contributed by atoms with Gasteiger partial charge in [-0.3, -0.25) is 4.57 Å². The molecule has 0 amide bonds. The van der Waals surface area contributed by atoms with E-state index in [0.717, 1.165) is 28.1 Å². The van der Waals surface area contributed by atoms with Crippen LogP contribution in [0.4, 0.5) is 0 Å². The third kappa shape index (κ3) is 3.92. The lowest BCUT2D eigenvalue weighted by molar-refractivity contribution is 0.660. The SMILES string of the molecule is CC1(C)c2cc(-c3ccc4c5c3ccc3cccc(c35)n4-c3ccccc3)ccc2-c2ccc(-n3c(-c4ccccc4)nc4ccccc43)cc21. The summed E-state index contributed by atoms with van der Waals surface area (Å²) in [4.78, 5) is 5.11. The second-order valence-corrected chi connectivity index (χ2v) is 14.4. The summed E-state index contributed by atoms with van der Waals surface area (Å²) in [5.41, 5.74) is 15.7. The van der Waals surface area contributed by atoms with Gasteiger partial charge in [0.15, 0.2) is 0 Å². The van der Waals surface area contributed by atoms with Gasteiger partial charge in [0.2, 0.25) is 0 Å². The third-order valence-electron chi connectivity index (χ3n) is 11.3. The topological polar surface area (TPSA) is 22.8 Å². The molecule has 0 N–H and O–H groups in total. The molecule has 0 spiro atoms. The normalized spacial score (nSPS) is 13.5. The van der Waals surface area contributed by atoms with Crippen LogP contribution < -0.4 is 0 Å². The molecular weight excluding hydrogens is 619 g/mol. The van der Waals surface area contributed by atoms with E-state index in [2.05, 4.69) is 187 Å².